The third-order valence-corrected chi connectivity index (χ3v) is 6.58. The number of hydrogen-bond acceptors (Lipinski definition) is 6. The molecule has 1 aliphatic rings. The Labute approximate surface area is 174 Å². The van der Waals surface area contributed by atoms with Crippen molar-refractivity contribution in [3.05, 3.63) is 45.1 Å². The molecule has 29 heavy (non-hydrogen) atoms. The highest BCUT2D eigenvalue weighted by molar-refractivity contribution is 7.20. The summed E-state index contributed by atoms with van der Waals surface area (Å²) in [5.74, 6) is 1.05. The Morgan fingerprint density at radius 1 is 1.21 bits per heavy atom. The first kappa shape index (κ1) is 19.8. The molecule has 1 amide bonds. The standard InChI is InChI=1S/C22H25N3O3S/c1-12-9-13(2)15-7-6-8-25(16(15)10-12)22(26)19-14(3)18-20(28-5)23-17(11-27-4)24-21(18)29-19/h9-10H,6-8,11H2,1-5H3. The van der Waals surface area contributed by atoms with Crippen LogP contribution in [0.4, 0.5) is 5.69 Å². The lowest BCUT2D eigenvalue weighted by Gasteiger charge is -2.31. The number of aryl methyl sites for hydroxylation is 3. The molecule has 0 unspecified atom stereocenters. The molecule has 1 aromatic carbocycles. The maximum absolute atomic E-state index is 13.6. The average molecular weight is 412 g/mol. The Kier molecular flexibility index (Phi) is 5.27. The first-order valence-electron chi connectivity index (χ1n) is 9.69. The number of aromatic nitrogens is 2. The minimum atomic E-state index is 0.0202. The van der Waals surface area contributed by atoms with Gasteiger partial charge in [0.2, 0.25) is 5.88 Å². The van der Waals surface area contributed by atoms with Gasteiger partial charge in [0.25, 0.3) is 5.91 Å². The molecule has 2 aromatic heterocycles. The summed E-state index contributed by atoms with van der Waals surface area (Å²) in [4.78, 5) is 26.0. The third-order valence-electron chi connectivity index (χ3n) is 5.40. The highest BCUT2D eigenvalue weighted by Gasteiger charge is 2.29. The zero-order valence-corrected chi connectivity index (χ0v) is 18.3. The minimum absolute atomic E-state index is 0.0202. The third kappa shape index (κ3) is 3.38. The largest absolute Gasteiger partial charge is 0.480 e. The molecule has 7 heteroatoms. The van der Waals surface area contributed by atoms with E-state index in [9.17, 15) is 4.79 Å². The summed E-state index contributed by atoms with van der Waals surface area (Å²) in [6.45, 7) is 7.17. The zero-order chi connectivity index (χ0) is 20.7. The van der Waals surface area contributed by atoms with Crippen LogP contribution in [-0.2, 0) is 17.8 Å². The molecule has 0 bridgehead atoms. The van der Waals surface area contributed by atoms with Gasteiger partial charge in [-0.2, -0.15) is 4.98 Å². The summed E-state index contributed by atoms with van der Waals surface area (Å²) in [5, 5.41) is 0.804. The molecule has 0 saturated heterocycles. The molecule has 4 rings (SSSR count). The number of carbonyl (C=O) groups excluding carboxylic acids is 1. The molecule has 0 radical (unpaired) electrons. The second-order valence-corrected chi connectivity index (χ2v) is 8.46. The van der Waals surface area contributed by atoms with Gasteiger partial charge in [0.1, 0.15) is 11.4 Å². The number of fused-ring (bicyclic) bond motifs is 2. The molecule has 0 fully saturated rings. The van der Waals surface area contributed by atoms with E-state index in [-0.39, 0.29) is 5.91 Å². The van der Waals surface area contributed by atoms with Crippen molar-refractivity contribution in [3.63, 3.8) is 0 Å². The monoisotopic (exact) mass is 411 g/mol. The molecule has 0 N–H and O–H groups in total. The lowest BCUT2D eigenvalue weighted by Crippen LogP contribution is -2.35. The zero-order valence-electron chi connectivity index (χ0n) is 17.5. The van der Waals surface area contributed by atoms with Gasteiger partial charge < -0.3 is 14.4 Å². The smallest absolute Gasteiger partial charge is 0.268 e. The number of hydrogen-bond donors (Lipinski definition) is 0. The van der Waals surface area contributed by atoms with Gasteiger partial charge in [-0.3, -0.25) is 4.79 Å². The predicted octanol–water partition coefficient (Wildman–Crippen LogP) is 4.36. The fourth-order valence-corrected chi connectivity index (χ4v) is 5.24. The van der Waals surface area contributed by atoms with Crippen LogP contribution in [0, 0.1) is 20.8 Å². The van der Waals surface area contributed by atoms with Crippen LogP contribution in [0.1, 0.15) is 44.2 Å². The van der Waals surface area contributed by atoms with Crippen molar-refractivity contribution >= 4 is 33.1 Å². The van der Waals surface area contributed by atoms with Crippen LogP contribution in [-0.4, -0.2) is 36.6 Å². The topological polar surface area (TPSA) is 64.6 Å². The summed E-state index contributed by atoms with van der Waals surface area (Å²) in [6, 6.07) is 4.31. The van der Waals surface area contributed by atoms with Gasteiger partial charge in [0, 0.05) is 19.3 Å². The number of anilines is 1. The van der Waals surface area contributed by atoms with Crippen LogP contribution >= 0.6 is 11.3 Å². The normalized spacial score (nSPS) is 13.6. The van der Waals surface area contributed by atoms with Gasteiger partial charge in [0.05, 0.1) is 17.4 Å². The highest BCUT2D eigenvalue weighted by Crippen LogP contribution is 2.38. The molecule has 0 atom stereocenters. The summed E-state index contributed by atoms with van der Waals surface area (Å²) < 4.78 is 10.7. The number of thiophene rings is 1. The van der Waals surface area contributed by atoms with E-state index in [0.29, 0.717) is 23.2 Å². The molecular formula is C22H25N3O3S. The van der Waals surface area contributed by atoms with E-state index in [1.165, 1.54) is 28.0 Å². The van der Waals surface area contributed by atoms with Crippen molar-refractivity contribution in [1.82, 2.24) is 9.97 Å². The molecule has 0 spiro atoms. The predicted molar refractivity (Wildman–Crippen MR) is 115 cm³/mol. The SMILES string of the molecule is COCc1nc(OC)c2c(C)c(C(=O)N3CCCc4c(C)cc(C)cc43)sc2n1. The van der Waals surface area contributed by atoms with E-state index >= 15 is 0 Å². The number of rotatable bonds is 4. The van der Waals surface area contributed by atoms with Crippen LogP contribution in [0.3, 0.4) is 0 Å². The number of methoxy groups -OCH3 is 2. The van der Waals surface area contributed by atoms with Crippen LogP contribution in [0.5, 0.6) is 5.88 Å². The number of amides is 1. The Balaban J connectivity index is 1.82. The van der Waals surface area contributed by atoms with Gasteiger partial charge in [0.15, 0.2) is 5.82 Å². The van der Waals surface area contributed by atoms with E-state index in [0.717, 1.165) is 40.9 Å². The fourth-order valence-electron chi connectivity index (χ4n) is 4.10. The Hall–Kier alpha value is -2.51. The van der Waals surface area contributed by atoms with Crippen LogP contribution in [0.2, 0.25) is 0 Å². The number of benzene rings is 1. The van der Waals surface area contributed by atoms with Gasteiger partial charge in [-0.05, 0) is 61.9 Å². The van der Waals surface area contributed by atoms with Crippen molar-refractivity contribution in [3.8, 4) is 5.88 Å². The first-order chi connectivity index (χ1) is 13.9. The lowest BCUT2D eigenvalue weighted by atomic mass is 9.95. The number of ether oxygens (including phenoxy) is 2. The van der Waals surface area contributed by atoms with Crippen molar-refractivity contribution in [2.75, 3.05) is 25.7 Å². The second kappa shape index (κ2) is 7.72. The van der Waals surface area contributed by atoms with Gasteiger partial charge in [-0.1, -0.05) is 6.07 Å². The van der Waals surface area contributed by atoms with E-state index in [2.05, 4.69) is 35.9 Å². The van der Waals surface area contributed by atoms with Gasteiger partial charge in [-0.25, -0.2) is 4.98 Å². The fraction of sp³-hybridized carbons (Fsp3) is 0.409. The van der Waals surface area contributed by atoms with Crippen molar-refractivity contribution in [2.24, 2.45) is 0 Å². The molecule has 1 aliphatic heterocycles. The van der Waals surface area contributed by atoms with Crippen LogP contribution in [0.15, 0.2) is 12.1 Å². The van der Waals surface area contributed by atoms with E-state index in [1.54, 1.807) is 14.2 Å². The minimum Gasteiger partial charge on any atom is -0.480 e. The second-order valence-electron chi connectivity index (χ2n) is 7.46. The molecule has 0 saturated carbocycles. The molecule has 152 valence electrons. The highest BCUT2D eigenvalue weighted by atomic mass is 32.1. The maximum atomic E-state index is 13.6. The van der Waals surface area contributed by atoms with Gasteiger partial charge >= 0.3 is 0 Å². The molecule has 6 nitrogen and oxygen atoms in total. The summed E-state index contributed by atoms with van der Waals surface area (Å²) in [7, 11) is 3.19. The first-order valence-corrected chi connectivity index (χ1v) is 10.5. The Bertz CT molecular complexity index is 1110. The number of carbonyl (C=O) groups is 1. The van der Waals surface area contributed by atoms with E-state index < -0.39 is 0 Å². The average Bonchev–Trinajstić information content (AvgIpc) is 3.03. The van der Waals surface area contributed by atoms with Crippen molar-refractivity contribution < 1.29 is 14.3 Å². The summed E-state index contributed by atoms with van der Waals surface area (Å²) in [6.07, 6.45) is 1.98. The van der Waals surface area contributed by atoms with E-state index in [4.69, 9.17) is 9.47 Å². The Morgan fingerprint density at radius 2 is 2.00 bits per heavy atom. The van der Waals surface area contributed by atoms with Crippen molar-refractivity contribution in [1.29, 1.82) is 0 Å². The Morgan fingerprint density at radius 3 is 2.72 bits per heavy atom. The quantitative estimate of drug-likeness (QED) is 0.638. The van der Waals surface area contributed by atoms with Crippen LogP contribution < -0.4 is 9.64 Å². The maximum Gasteiger partial charge on any atom is 0.268 e. The van der Waals surface area contributed by atoms with E-state index in [1.807, 2.05) is 11.8 Å². The molecular weight excluding hydrogens is 386 g/mol. The molecule has 3 heterocycles. The molecule has 3 aromatic rings. The van der Waals surface area contributed by atoms with Crippen molar-refractivity contribution in [2.45, 2.75) is 40.2 Å². The summed E-state index contributed by atoms with van der Waals surface area (Å²) >= 11 is 1.40. The summed E-state index contributed by atoms with van der Waals surface area (Å²) in [5.41, 5.74) is 5.60. The van der Waals surface area contributed by atoms with Crippen LogP contribution in [0.25, 0.3) is 10.2 Å². The van der Waals surface area contributed by atoms with Gasteiger partial charge in [-0.15, -0.1) is 11.3 Å². The molecule has 0 aliphatic carbocycles. The lowest BCUT2D eigenvalue weighted by molar-refractivity contribution is 0.0988. The number of nitrogens with zero attached hydrogens (tertiary/aromatic N) is 3.